The Kier molecular flexibility index (Phi) is 7.26. The lowest BCUT2D eigenvalue weighted by atomic mass is 9.72. The van der Waals surface area contributed by atoms with Gasteiger partial charge in [0.1, 0.15) is 0 Å². The fraction of sp³-hybridized carbons (Fsp3) is 1.00. The van der Waals surface area contributed by atoms with Crippen LogP contribution in [0.15, 0.2) is 0 Å². The van der Waals surface area contributed by atoms with Crippen LogP contribution in [0.1, 0.15) is 53.4 Å². The molecule has 3 unspecified atom stereocenters. The summed E-state index contributed by atoms with van der Waals surface area (Å²) in [4.78, 5) is 0. The Morgan fingerprint density at radius 2 is 1.71 bits per heavy atom. The van der Waals surface area contributed by atoms with E-state index in [1.807, 2.05) is 0 Å². The van der Waals surface area contributed by atoms with Crippen LogP contribution in [-0.2, 0) is 0 Å². The molecule has 14 heavy (non-hydrogen) atoms. The van der Waals surface area contributed by atoms with Crippen molar-refractivity contribution >= 4 is 0 Å². The number of hydrogen-bond donors (Lipinski definition) is 1. The quantitative estimate of drug-likeness (QED) is 0.720. The van der Waals surface area contributed by atoms with Crippen LogP contribution >= 0.6 is 0 Å². The van der Waals surface area contributed by atoms with Gasteiger partial charge in [0.2, 0.25) is 0 Å². The van der Waals surface area contributed by atoms with Crippen molar-refractivity contribution in [3.8, 4) is 0 Å². The van der Waals surface area contributed by atoms with E-state index in [2.05, 4.69) is 27.7 Å². The molecule has 1 nitrogen and oxygen atoms in total. The zero-order chi connectivity index (χ0) is 11.1. The third kappa shape index (κ3) is 4.99. The van der Waals surface area contributed by atoms with Crippen molar-refractivity contribution in [1.29, 1.82) is 0 Å². The van der Waals surface area contributed by atoms with Gasteiger partial charge in [-0.2, -0.15) is 0 Å². The summed E-state index contributed by atoms with van der Waals surface area (Å²) in [5.74, 6) is 3.89. The minimum absolute atomic E-state index is 0.891. The molecule has 0 amide bonds. The van der Waals surface area contributed by atoms with Crippen LogP contribution in [0.4, 0.5) is 0 Å². The first kappa shape index (κ1) is 14.0. The summed E-state index contributed by atoms with van der Waals surface area (Å²) < 4.78 is 0. The van der Waals surface area contributed by atoms with Crippen LogP contribution in [0.3, 0.4) is 0 Å². The highest BCUT2D eigenvalue weighted by Gasteiger charge is 2.25. The van der Waals surface area contributed by atoms with Gasteiger partial charge in [-0.25, -0.2) is 0 Å². The van der Waals surface area contributed by atoms with Crippen LogP contribution in [0.2, 0.25) is 0 Å². The average Bonchev–Trinajstić information content (AvgIpc) is 2.14. The summed E-state index contributed by atoms with van der Waals surface area (Å²) in [6.07, 6.45) is 5.87. The monoisotopic (exact) mass is 200 g/mol. The molecule has 1 saturated carbocycles. The molecule has 0 aromatic carbocycles. The molecule has 0 radical (unpaired) electrons. The summed E-state index contributed by atoms with van der Waals surface area (Å²) >= 11 is 0. The van der Waals surface area contributed by atoms with Crippen molar-refractivity contribution in [1.82, 2.24) is 0 Å². The lowest BCUT2D eigenvalue weighted by Gasteiger charge is -2.33. The Hall–Kier alpha value is -0.0400. The molecule has 1 rings (SSSR count). The van der Waals surface area contributed by atoms with Crippen molar-refractivity contribution in [2.24, 2.45) is 23.7 Å². The Morgan fingerprint density at radius 3 is 2.21 bits per heavy atom. The molecule has 0 spiro atoms. The van der Waals surface area contributed by atoms with Gasteiger partial charge < -0.3 is 5.11 Å². The van der Waals surface area contributed by atoms with E-state index >= 15 is 0 Å². The first-order valence-corrected chi connectivity index (χ1v) is 6.04. The topological polar surface area (TPSA) is 20.2 Å². The number of aliphatic hydroxyl groups excluding tert-OH is 1. The third-order valence-electron chi connectivity index (χ3n) is 3.40. The normalized spacial score (nSPS) is 32.4. The molecule has 1 aliphatic rings. The van der Waals surface area contributed by atoms with E-state index in [1.165, 1.54) is 25.7 Å². The predicted molar refractivity (Wildman–Crippen MR) is 63.3 cm³/mol. The number of rotatable bonds is 2. The number of hydrogen-bond acceptors (Lipinski definition) is 1. The Labute approximate surface area is 89.9 Å². The second-order valence-corrected chi connectivity index (χ2v) is 5.29. The molecule has 86 valence electrons. The van der Waals surface area contributed by atoms with E-state index < -0.39 is 0 Å². The van der Waals surface area contributed by atoms with Gasteiger partial charge in [-0.3, -0.25) is 0 Å². The molecule has 3 atom stereocenters. The summed E-state index contributed by atoms with van der Waals surface area (Å²) in [5.41, 5.74) is 0. The molecular weight excluding hydrogens is 172 g/mol. The maximum atomic E-state index is 7.00. The molecule has 0 bridgehead atoms. The van der Waals surface area contributed by atoms with Gasteiger partial charge in [-0.1, -0.05) is 40.5 Å². The van der Waals surface area contributed by atoms with Gasteiger partial charge in [-0.05, 0) is 36.5 Å². The zero-order valence-corrected chi connectivity index (χ0v) is 10.6. The van der Waals surface area contributed by atoms with Crippen LogP contribution in [-0.4, -0.2) is 12.2 Å². The zero-order valence-electron chi connectivity index (χ0n) is 10.6. The van der Waals surface area contributed by atoms with Gasteiger partial charge in [0.25, 0.3) is 0 Å². The van der Waals surface area contributed by atoms with E-state index in [-0.39, 0.29) is 0 Å². The largest absolute Gasteiger partial charge is 0.400 e. The van der Waals surface area contributed by atoms with Crippen LogP contribution in [0.25, 0.3) is 0 Å². The molecule has 0 aliphatic heterocycles. The highest BCUT2D eigenvalue weighted by Crippen LogP contribution is 2.36. The standard InChI is InChI=1S/C12H24.CH4O/c1-9(2)7-12-8-10(3)5-6-11(12)4;1-2/h9-12H,5-8H2,1-4H3;2H,1H3. The molecule has 1 heteroatoms. The highest BCUT2D eigenvalue weighted by atomic mass is 16.2. The first-order valence-electron chi connectivity index (χ1n) is 6.04. The summed E-state index contributed by atoms with van der Waals surface area (Å²) in [6.45, 7) is 9.57. The fourth-order valence-electron chi connectivity index (χ4n) is 2.58. The summed E-state index contributed by atoms with van der Waals surface area (Å²) in [5, 5.41) is 7.00. The van der Waals surface area contributed by atoms with Gasteiger partial charge in [0.15, 0.2) is 0 Å². The van der Waals surface area contributed by atoms with Crippen molar-refractivity contribution in [2.45, 2.75) is 53.4 Å². The Morgan fingerprint density at radius 1 is 1.14 bits per heavy atom. The fourth-order valence-corrected chi connectivity index (χ4v) is 2.58. The van der Waals surface area contributed by atoms with E-state index in [9.17, 15) is 0 Å². The van der Waals surface area contributed by atoms with Gasteiger partial charge in [-0.15, -0.1) is 0 Å². The van der Waals surface area contributed by atoms with Crippen molar-refractivity contribution in [3.63, 3.8) is 0 Å². The SMILES string of the molecule is CC(C)CC1CC(C)CCC1C.CO. The van der Waals surface area contributed by atoms with Gasteiger partial charge in [0.05, 0.1) is 0 Å². The predicted octanol–water partition coefficient (Wildman–Crippen LogP) is 3.71. The second-order valence-electron chi connectivity index (χ2n) is 5.29. The van der Waals surface area contributed by atoms with E-state index in [1.54, 1.807) is 0 Å². The van der Waals surface area contributed by atoms with Crippen LogP contribution in [0, 0.1) is 23.7 Å². The average molecular weight is 200 g/mol. The summed E-state index contributed by atoms with van der Waals surface area (Å²) in [6, 6.07) is 0. The molecule has 0 aromatic heterocycles. The third-order valence-corrected chi connectivity index (χ3v) is 3.40. The van der Waals surface area contributed by atoms with Crippen LogP contribution < -0.4 is 0 Å². The molecule has 1 aliphatic carbocycles. The van der Waals surface area contributed by atoms with Crippen LogP contribution in [0.5, 0.6) is 0 Å². The maximum Gasteiger partial charge on any atom is 0.0319 e. The second kappa shape index (κ2) is 7.28. The smallest absolute Gasteiger partial charge is 0.0319 e. The van der Waals surface area contributed by atoms with Crippen molar-refractivity contribution in [2.75, 3.05) is 7.11 Å². The number of aliphatic hydroxyl groups is 1. The molecule has 1 fully saturated rings. The van der Waals surface area contributed by atoms with Gasteiger partial charge >= 0.3 is 0 Å². The van der Waals surface area contributed by atoms with E-state index in [4.69, 9.17) is 5.11 Å². The molecular formula is C13H28O. The minimum Gasteiger partial charge on any atom is -0.400 e. The minimum atomic E-state index is 0.891. The lowest BCUT2D eigenvalue weighted by Crippen LogP contribution is -2.22. The molecule has 0 aromatic rings. The molecule has 0 heterocycles. The van der Waals surface area contributed by atoms with E-state index in [0.717, 1.165) is 30.8 Å². The maximum absolute atomic E-state index is 7.00. The van der Waals surface area contributed by atoms with E-state index in [0.29, 0.717) is 0 Å². The molecule has 0 saturated heterocycles. The molecule has 1 N–H and O–H groups in total. The lowest BCUT2D eigenvalue weighted by molar-refractivity contribution is 0.177. The van der Waals surface area contributed by atoms with Crippen molar-refractivity contribution < 1.29 is 5.11 Å². The highest BCUT2D eigenvalue weighted by molar-refractivity contribution is 4.76. The van der Waals surface area contributed by atoms with Gasteiger partial charge in [0, 0.05) is 7.11 Å². The van der Waals surface area contributed by atoms with Crippen molar-refractivity contribution in [3.05, 3.63) is 0 Å². The Bertz CT molecular complexity index is 129. The summed E-state index contributed by atoms with van der Waals surface area (Å²) in [7, 11) is 1.00. The Balaban J connectivity index is 0.000000791. The first-order chi connectivity index (χ1) is 6.59.